The van der Waals surface area contributed by atoms with E-state index in [0.717, 1.165) is 32.8 Å². The van der Waals surface area contributed by atoms with Crippen LogP contribution in [0, 0.1) is 0 Å². The Morgan fingerprint density at radius 1 is 0.833 bits per heavy atom. The summed E-state index contributed by atoms with van der Waals surface area (Å²) in [5, 5.41) is 6.96. The molecule has 1 aliphatic rings. The van der Waals surface area contributed by atoms with Crippen LogP contribution >= 0.6 is 15.9 Å². The Morgan fingerprint density at radius 2 is 1.54 bits per heavy atom. The Balaban J connectivity index is 1.72. The molecular formula is C20H16BrN3. The van der Waals surface area contributed by atoms with Gasteiger partial charge in [0.2, 0.25) is 0 Å². The van der Waals surface area contributed by atoms with Crippen molar-refractivity contribution in [3.05, 3.63) is 94.5 Å². The van der Waals surface area contributed by atoms with Crippen molar-refractivity contribution in [1.29, 1.82) is 0 Å². The molecule has 0 radical (unpaired) electrons. The number of amidine groups is 1. The summed E-state index contributed by atoms with van der Waals surface area (Å²) in [5.74, 6) is 0.875. The maximum absolute atomic E-state index is 4.89. The molecule has 2 N–H and O–H groups in total. The van der Waals surface area contributed by atoms with Gasteiger partial charge in [-0.15, -0.1) is 0 Å². The van der Waals surface area contributed by atoms with Crippen LogP contribution in [0.2, 0.25) is 0 Å². The second kappa shape index (κ2) is 6.49. The molecule has 4 rings (SSSR count). The van der Waals surface area contributed by atoms with Crippen LogP contribution in [0.5, 0.6) is 0 Å². The van der Waals surface area contributed by atoms with Gasteiger partial charge in [-0.3, -0.25) is 0 Å². The molecule has 0 saturated heterocycles. The van der Waals surface area contributed by atoms with Crippen LogP contribution in [0.3, 0.4) is 0 Å². The third-order valence-corrected chi connectivity index (χ3v) is 4.48. The minimum absolute atomic E-state index is 0.0981. The van der Waals surface area contributed by atoms with Crippen LogP contribution in [0.15, 0.2) is 88.3 Å². The minimum Gasteiger partial charge on any atom is -0.359 e. The SMILES string of the molecule is Brc1ccc(NC2=NC(c3ccccc3)Nc3ccccc32)cc1. The zero-order chi connectivity index (χ0) is 16.4. The minimum atomic E-state index is -0.0981. The highest BCUT2D eigenvalue weighted by atomic mass is 79.9. The molecule has 0 spiro atoms. The van der Waals surface area contributed by atoms with E-state index in [9.17, 15) is 0 Å². The Morgan fingerprint density at radius 3 is 2.33 bits per heavy atom. The van der Waals surface area contributed by atoms with Gasteiger partial charge in [0, 0.05) is 21.4 Å². The maximum Gasteiger partial charge on any atom is 0.147 e. The highest BCUT2D eigenvalue weighted by molar-refractivity contribution is 9.10. The average molecular weight is 378 g/mol. The molecule has 1 aliphatic heterocycles. The third-order valence-electron chi connectivity index (χ3n) is 3.95. The fourth-order valence-corrected chi connectivity index (χ4v) is 3.02. The van der Waals surface area contributed by atoms with Crippen LogP contribution in [0.25, 0.3) is 0 Å². The first-order valence-electron chi connectivity index (χ1n) is 7.81. The van der Waals surface area contributed by atoms with Crippen molar-refractivity contribution in [2.45, 2.75) is 6.17 Å². The number of fused-ring (bicyclic) bond motifs is 1. The topological polar surface area (TPSA) is 36.4 Å². The molecule has 3 aromatic rings. The van der Waals surface area contributed by atoms with E-state index >= 15 is 0 Å². The zero-order valence-electron chi connectivity index (χ0n) is 12.9. The summed E-state index contributed by atoms with van der Waals surface area (Å²) >= 11 is 3.47. The molecule has 3 aromatic carbocycles. The lowest BCUT2D eigenvalue weighted by molar-refractivity contribution is 0.827. The molecule has 0 bridgehead atoms. The Labute approximate surface area is 149 Å². The third kappa shape index (κ3) is 3.05. The van der Waals surface area contributed by atoms with E-state index in [1.165, 1.54) is 0 Å². The van der Waals surface area contributed by atoms with Gasteiger partial charge in [0.15, 0.2) is 0 Å². The number of para-hydroxylation sites is 1. The Bertz CT molecular complexity index is 873. The van der Waals surface area contributed by atoms with Gasteiger partial charge >= 0.3 is 0 Å². The van der Waals surface area contributed by atoms with Gasteiger partial charge in [-0.05, 0) is 42.0 Å². The highest BCUT2D eigenvalue weighted by Crippen LogP contribution is 2.30. The summed E-state index contributed by atoms with van der Waals surface area (Å²) < 4.78 is 1.06. The van der Waals surface area contributed by atoms with E-state index < -0.39 is 0 Å². The normalized spacial score (nSPS) is 15.9. The maximum atomic E-state index is 4.89. The van der Waals surface area contributed by atoms with Crippen LogP contribution in [-0.4, -0.2) is 5.84 Å². The molecule has 1 heterocycles. The summed E-state index contributed by atoms with van der Waals surface area (Å²) in [4.78, 5) is 4.89. The van der Waals surface area contributed by atoms with Crippen molar-refractivity contribution in [2.24, 2.45) is 4.99 Å². The van der Waals surface area contributed by atoms with Gasteiger partial charge < -0.3 is 10.6 Å². The van der Waals surface area contributed by atoms with E-state index in [1.807, 2.05) is 54.6 Å². The van der Waals surface area contributed by atoms with Crippen molar-refractivity contribution >= 4 is 33.1 Å². The number of rotatable bonds is 2. The van der Waals surface area contributed by atoms with Gasteiger partial charge in [-0.25, -0.2) is 4.99 Å². The fraction of sp³-hybridized carbons (Fsp3) is 0.0500. The summed E-state index contributed by atoms with van der Waals surface area (Å²) in [5.41, 5.74) is 4.32. The quantitative estimate of drug-likeness (QED) is 0.624. The van der Waals surface area contributed by atoms with Gasteiger partial charge in [-0.1, -0.05) is 58.4 Å². The Kier molecular flexibility index (Phi) is 4.05. The van der Waals surface area contributed by atoms with Crippen LogP contribution in [0.1, 0.15) is 17.3 Å². The first-order chi connectivity index (χ1) is 11.8. The molecule has 1 unspecified atom stereocenters. The lowest BCUT2D eigenvalue weighted by atomic mass is 10.1. The molecule has 0 amide bonds. The lowest BCUT2D eigenvalue weighted by Crippen LogP contribution is -2.24. The number of aliphatic imine (C=N–C) groups is 1. The molecule has 0 fully saturated rings. The van der Waals surface area contributed by atoms with Crippen LogP contribution in [-0.2, 0) is 0 Å². The highest BCUT2D eigenvalue weighted by Gasteiger charge is 2.21. The average Bonchev–Trinajstić information content (AvgIpc) is 2.64. The molecular weight excluding hydrogens is 362 g/mol. The smallest absolute Gasteiger partial charge is 0.147 e. The van der Waals surface area contributed by atoms with E-state index in [4.69, 9.17) is 4.99 Å². The molecule has 0 aliphatic carbocycles. The summed E-state index contributed by atoms with van der Waals surface area (Å²) in [7, 11) is 0. The largest absolute Gasteiger partial charge is 0.359 e. The summed E-state index contributed by atoms with van der Waals surface area (Å²) in [6.07, 6.45) is -0.0981. The van der Waals surface area contributed by atoms with Crippen molar-refractivity contribution in [3.8, 4) is 0 Å². The first-order valence-corrected chi connectivity index (χ1v) is 8.60. The van der Waals surface area contributed by atoms with Gasteiger partial charge in [0.25, 0.3) is 0 Å². The number of anilines is 2. The van der Waals surface area contributed by atoms with Gasteiger partial charge in [0.05, 0.1) is 0 Å². The van der Waals surface area contributed by atoms with Crippen molar-refractivity contribution in [2.75, 3.05) is 10.6 Å². The van der Waals surface area contributed by atoms with Crippen LogP contribution < -0.4 is 10.6 Å². The first kappa shape index (κ1) is 15.0. The second-order valence-corrected chi connectivity index (χ2v) is 6.53. The van der Waals surface area contributed by atoms with Crippen LogP contribution in [0.4, 0.5) is 11.4 Å². The van der Waals surface area contributed by atoms with Crippen molar-refractivity contribution < 1.29 is 0 Å². The van der Waals surface area contributed by atoms with E-state index in [0.29, 0.717) is 0 Å². The molecule has 4 heteroatoms. The molecule has 118 valence electrons. The van der Waals surface area contributed by atoms with Gasteiger partial charge in [0.1, 0.15) is 12.0 Å². The number of nitrogens with one attached hydrogen (secondary N) is 2. The number of halogens is 1. The zero-order valence-corrected chi connectivity index (χ0v) is 14.5. The standard InChI is InChI=1S/C20H16BrN3/c21-15-10-12-16(13-11-15)22-20-17-8-4-5-9-18(17)23-19(24-20)14-6-2-1-3-7-14/h1-13,19,23H,(H,22,24). The number of nitrogens with zero attached hydrogens (tertiary/aromatic N) is 1. The fourth-order valence-electron chi connectivity index (χ4n) is 2.76. The van der Waals surface area contributed by atoms with E-state index in [2.05, 4.69) is 50.8 Å². The number of benzene rings is 3. The molecule has 24 heavy (non-hydrogen) atoms. The summed E-state index contributed by atoms with van der Waals surface area (Å²) in [6.45, 7) is 0. The van der Waals surface area contributed by atoms with Crippen molar-refractivity contribution in [3.63, 3.8) is 0 Å². The van der Waals surface area contributed by atoms with Gasteiger partial charge in [-0.2, -0.15) is 0 Å². The molecule has 1 atom stereocenters. The Hall–Kier alpha value is -2.59. The number of hydrogen-bond donors (Lipinski definition) is 2. The van der Waals surface area contributed by atoms with E-state index in [-0.39, 0.29) is 6.17 Å². The second-order valence-electron chi connectivity index (χ2n) is 5.61. The molecule has 0 saturated carbocycles. The van der Waals surface area contributed by atoms with Crippen molar-refractivity contribution in [1.82, 2.24) is 0 Å². The predicted octanol–water partition coefficient (Wildman–Crippen LogP) is 5.43. The number of hydrogen-bond acceptors (Lipinski definition) is 3. The molecule has 3 nitrogen and oxygen atoms in total. The monoisotopic (exact) mass is 377 g/mol. The summed E-state index contributed by atoms with van der Waals surface area (Å²) in [6, 6.07) is 26.6. The lowest BCUT2D eigenvalue weighted by Gasteiger charge is -2.26. The van der Waals surface area contributed by atoms with E-state index in [1.54, 1.807) is 0 Å². The molecule has 0 aromatic heterocycles. The predicted molar refractivity (Wildman–Crippen MR) is 104 cm³/mol.